The Labute approximate surface area is 152 Å². The van der Waals surface area contributed by atoms with Crippen LogP contribution < -0.4 is 19.5 Å². The van der Waals surface area contributed by atoms with Gasteiger partial charge in [-0.3, -0.25) is 9.78 Å². The number of amides is 1. The van der Waals surface area contributed by atoms with Gasteiger partial charge >= 0.3 is 0 Å². The molecule has 2 heterocycles. The summed E-state index contributed by atoms with van der Waals surface area (Å²) in [4.78, 5) is 16.4. The molecule has 2 aromatic rings. The first kappa shape index (κ1) is 17.6. The molecule has 6 heteroatoms. The van der Waals surface area contributed by atoms with Gasteiger partial charge in [-0.25, -0.2) is 0 Å². The van der Waals surface area contributed by atoms with Crippen LogP contribution in [0.15, 0.2) is 42.6 Å². The first-order chi connectivity index (χ1) is 12.6. The molecule has 0 radical (unpaired) electrons. The van der Waals surface area contributed by atoms with Crippen molar-refractivity contribution in [3.63, 3.8) is 0 Å². The van der Waals surface area contributed by atoms with E-state index < -0.39 is 6.10 Å². The number of carbonyl (C=O) groups excluding carboxylic acids is 1. The zero-order valence-corrected chi connectivity index (χ0v) is 14.7. The van der Waals surface area contributed by atoms with Gasteiger partial charge in [0.1, 0.15) is 18.5 Å². The van der Waals surface area contributed by atoms with Crippen molar-refractivity contribution in [3.8, 4) is 29.1 Å². The lowest BCUT2D eigenvalue weighted by atomic mass is 10.1. The van der Waals surface area contributed by atoms with E-state index in [-0.39, 0.29) is 25.2 Å². The summed E-state index contributed by atoms with van der Waals surface area (Å²) in [6, 6.07) is 11.0. The quantitative estimate of drug-likeness (QED) is 0.854. The zero-order chi connectivity index (χ0) is 18.4. The van der Waals surface area contributed by atoms with E-state index in [0.717, 1.165) is 5.69 Å². The van der Waals surface area contributed by atoms with Gasteiger partial charge in [0.2, 0.25) is 6.10 Å². The molecule has 2 atom stereocenters. The second-order valence-corrected chi connectivity index (χ2v) is 5.80. The second-order valence-electron chi connectivity index (χ2n) is 5.80. The summed E-state index contributed by atoms with van der Waals surface area (Å²) < 4.78 is 16.9. The summed E-state index contributed by atoms with van der Waals surface area (Å²) >= 11 is 0. The third-order valence-corrected chi connectivity index (χ3v) is 3.77. The van der Waals surface area contributed by atoms with Crippen molar-refractivity contribution in [3.05, 3.63) is 48.3 Å². The number of para-hydroxylation sites is 2. The summed E-state index contributed by atoms with van der Waals surface area (Å²) in [5, 5.41) is 2.73. The molecule has 0 saturated carbocycles. The van der Waals surface area contributed by atoms with Gasteiger partial charge in [-0.1, -0.05) is 24.0 Å². The second kappa shape index (κ2) is 8.26. The predicted molar refractivity (Wildman–Crippen MR) is 96.2 cm³/mol. The molecule has 3 rings (SSSR count). The molecular weight excluding hydrogens is 332 g/mol. The van der Waals surface area contributed by atoms with Crippen LogP contribution in [0, 0.1) is 18.8 Å². The average Bonchev–Trinajstić information content (AvgIpc) is 2.65. The van der Waals surface area contributed by atoms with E-state index in [2.05, 4.69) is 22.1 Å². The number of aryl methyl sites for hydroxylation is 1. The van der Waals surface area contributed by atoms with Crippen molar-refractivity contribution in [1.82, 2.24) is 10.3 Å². The van der Waals surface area contributed by atoms with Crippen LogP contribution in [0.2, 0.25) is 0 Å². The largest absolute Gasteiger partial charge is 0.482 e. The van der Waals surface area contributed by atoms with Gasteiger partial charge in [0, 0.05) is 5.69 Å². The van der Waals surface area contributed by atoms with E-state index in [1.165, 1.54) is 0 Å². The van der Waals surface area contributed by atoms with Crippen molar-refractivity contribution < 1.29 is 19.0 Å². The van der Waals surface area contributed by atoms with E-state index in [1.807, 2.05) is 37.3 Å². The minimum absolute atomic E-state index is 0.211. The molecule has 1 aromatic carbocycles. The summed E-state index contributed by atoms with van der Waals surface area (Å²) in [5.41, 5.74) is 0.928. The Morgan fingerprint density at radius 3 is 2.69 bits per heavy atom. The predicted octanol–water partition coefficient (Wildman–Crippen LogP) is 2.12. The van der Waals surface area contributed by atoms with Crippen molar-refractivity contribution >= 4 is 5.91 Å². The molecule has 0 fully saturated rings. The Balaban J connectivity index is 1.44. The Morgan fingerprint density at radius 2 is 1.96 bits per heavy atom. The minimum atomic E-state index is -0.707. The van der Waals surface area contributed by atoms with Crippen molar-refractivity contribution in [2.24, 2.45) is 0 Å². The van der Waals surface area contributed by atoms with Crippen molar-refractivity contribution in [2.75, 3.05) is 13.2 Å². The Kier molecular flexibility index (Phi) is 5.59. The number of nitrogens with zero attached hydrogens (tertiary/aromatic N) is 1. The number of hydrogen-bond acceptors (Lipinski definition) is 5. The summed E-state index contributed by atoms with van der Waals surface area (Å²) in [5.74, 6) is 7.31. The van der Waals surface area contributed by atoms with E-state index in [0.29, 0.717) is 17.2 Å². The molecule has 134 valence electrons. The Hall–Kier alpha value is -3.20. The highest BCUT2D eigenvalue weighted by Gasteiger charge is 2.33. The summed E-state index contributed by atoms with van der Waals surface area (Å²) in [6.07, 6.45) is 0.565. The third-order valence-electron chi connectivity index (χ3n) is 3.77. The zero-order valence-electron chi connectivity index (χ0n) is 14.7. The molecule has 6 nitrogen and oxygen atoms in total. The van der Waals surface area contributed by atoms with Crippen LogP contribution in [-0.4, -0.2) is 36.3 Å². The highest BCUT2D eigenvalue weighted by molar-refractivity contribution is 5.82. The molecule has 0 bridgehead atoms. The number of benzene rings is 1. The number of nitrogens with one attached hydrogen (secondary N) is 1. The maximum Gasteiger partial charge on any atom is 0.265 e. The van der Waals surface area contributed by atoms with Crippen LogP contribution in [0.3, 0.4) is 0 Å². The molecule has 1 amide bonds. The third kappa shape index (κ3) is 4.45. The van der Waals surface area contributed by atoms with Crippen molar-refractivity contribution in [1.29, 1.82) is 0 Å². The molecule has 2 unspecified atom stereocenters. The van der Waals surface area contributed by atoms with Gasteiger partial charge in [-0.05, 0) is 38.1 Å². The van der Waals surface area contributed by atoms with E-state index in [1.54, 1.807) is 19.2 Å². The molecule has 1 aliphatic rings. The van der Waals surface area contributed by atoms with Gasteiger partial charge in [0.15, 0.2) is 11.5 Å². The first-order valence-corrected chi connectivity index (χ1v) is 8.35. The molecule has 0 aliphatic carbocycles. The fraction of sp³-hybridized carbons (Fsp3) is 0.300. The monoisotopic (exact) mass is 352 g/mol. The molecule has 26 heavy (non-hydrogen) atoms. The maximum absolute atomic E-state index is 12.3. The average molecular weight is 352 g/mol. The molecular formula is C20H20N2O4. The first-order valence-electron chi connectivity index (χ1n) is 8.35. The van der Waals surface area contributed by atoms with Crippen LogP contribution >= 0.6 is 0 Å². The van der Waals surface area contributed by atoms with E-state index >= 15 is 0 Å². The number of rotatable bonds is 4. The fourth-order valence-electron chi connectivity index (χ4n) is 2.41. The van der Waals surface area contributed by atoms with Crippen LogP contribution in [0.4, 0.5) is 0 Å². The van der Waals surface area contributed by atoms with Gasteiger partial charge in [0.25, 0.3) is 5.91 Å². The highest BCUT2D eigenvalue weighted by Crippen LogP contribution is 2.33. The standard InChI is InChI=1S/C20H20N2O4/c1-14-9-10-16(13-22-14)24-12-6-5-11-21-20(23)19-15(2)25-17-7-3-4-8-18(17)26-19/h3-4,7-10,13,15,19H,11-12H2,1-2H3,(H,21,23). The lowest BCUT2D eigenvalue weighted by Gasteiger charge is -2.30. The lowest BCUT2D eigenvalue weighted by Crippen LogP contribution is -2.49. The Bertz CT molecular complexity index is 824. The smallest absolute Gasteiger partial charge is 0.265 e. The summed E-state index contributed by atoms with van der Waals surface area (Å²) in [6.45, 7) is 4.15. The van der Waals surface area contributed by atoms with Gasteiger partial charge < -0.3 is 19.5 Å². The number of aromatic nitrogens is 1. The maximum atomic E-state index is 12.3. The molecule has 1 aromatic heterocycles. The Morgan fingerprint density at radius 1 is 1.19 bits per heavy atom. The van der Waals surface area contributed by atoms with Crippen LogP contribution in [0.25, 0.3) is 0 Å². The van der Waals surface area contributed by atoms with Crippen molar-refractivity contribution in [2.45, 2.75) is 26.1 Å². The highest BCUT2D eigenvalue weighted by atomic mass is 16.6. The van der Waals surface area contributed by atoms with E-state index in [4.69, 9.17) is 14.2 Å². The molecule has 0 spiro atoms. The molecule has 0 saturated heterocycles. The van der Waals surface area contributed by atoms with Gasteiger partial charge in [-0.15, -0.1) is 0 Å². The van der Waals surface area contributed by atoms with Gasteiger partial charge in [-0.2, -0.15) is 0 Å². The number of pyridine rings is 1. The topological polar surface area (TPSA) is 69.7 Å². The van der Waals surface area contributed by atoms with Crippen LogP contribution in [0.1, 0.15) is 12.6 Å². The van der Waals surface area contributed by atoms with Crippen LogP contribution in [0.5, 0.6) is 17.2 Å². The number of carbonyl (C=O) groups is 1. The van der Waals surface area contributed by atoms with Gasteiger partial charge in [0.05, 0.1) is 12.7 Å². The normalized spacial score (nSPS) is 17.6. The SMILES string of the molecule is Cc1ccc(OCC#CCNC(=O)C2Oc3ccccc3OC2C)cn1. The summed E-state index contributed by atoms with van der Waals surface area (Å²) in [7, 11) is 0. The number of ether oxygens (including phenoxy) is 3. The molecule has 1 N–H and O–H groups in total. The minimum Gasteiger partial charge on any atom is -0.482 e. The van der Waals surface area contributed by atoms with Crippen LogP contribution in [-0.2, 0) is 4.79 Å². The fourth-order valence-corrected chi connectivity index (χ4v) is 2.41. The number of fused-ring (bicyclic) bond motifs is 1. The van der Waals surface area contributed by atoms with E-state index in [9.17, 15) is 4.79 Å². The lowest BCUT2D eigenvalue weighted by molar-refractivity contribution is -0.133. The molecule has 1 aliphatic heterocycles. The number of hydrogen-bond donors (Lipinski definition) is 1.